The van der Waals surface area contributed by atoms with Crippen molar-refractivity contribution in [3.8, 4) is 10.8 Å². The number of hydrogen-bond donors (Lipinski definition) is 2. The van der Waals surface area contributed by atoms with Crippen LogP contribution in [0.1, 0.15) is 38.6 Å². The Bertz CT molecular complexity index is 660. The number of carbonyl (C=O) groups is 1. The number of aliphatic hydroxyl groups is 1. The van der Waals surface area contributed by atoms with Gasteiger partial charge in [0.2, 0.25) is 5.91 Å². The highest BCUT2D eigenvalue weighted by atomic mass is 32.1. The molecule has 2 atom stereocenters. The number of furan rings is 1. The van der Waals surface area contributed by atoms with Crippen LogP contribution in [0, 0.1) is 12.8 Å². The average Bonchev–Trinajstić information content (AvgIpc) is 3.13. The quantitative estimate of drug-likeness (QED) is 0.814. The molecule has 0 saturated carbocycles. The highest BCUT2D eigenvalue weighted by Gasteiger charge is 2.27. The number of aryl methyl sites for hydroxylation is 1. The van der Waals surface area contributed by atoms with Crippen molar-refractivity contribution in [3.05, 3.63) is 29.0 Å². The first-order chi connectivity index (χ1) is 10.8. The van der Waals surface area contributed by atoms with Crippen LogP contribution in [0.2, 0.25) is 0 Å². The third-order valence-electron chi connectivity index (χ3n) is 4.16. The Kier molecular flexibility index (Phi) is 5.59. The summed E-state index contributed by atoms with van der Waals surface area (Å²) >= 11 is 1.46. The van der Waals surface area contributed by atoms with Gasteiger partial charge in [-0.2, -0.15) is 0 Å². The second-order valence-electron chi connectivity index (χ2n) is 6.17. The smallest absolute Gasteiger partial charge is 0.226 e. The third-order valence-corrected chi connectivity index (χ3v) is 5.07. The van der Waals surface area contributed by atoms with Crippen LogP contribution in [-0.2, 0) is 11.2 Å². The van der Waals surface area contributed by atoms with Gasteiger partial charge < -0.3 is 14.8 Å². The summed E-state index contributed by atoms with van der Waals surface area (Å²) in [6.45, 7) is 7.88. The maximum atomic E-state index is 12.0. The van der Waals surface area contributed by atoms with Gasteiger partial charge in [-0.3, -0.25) is 4.79 Å². The van der Waals surface area contributed by atoms with Crippen LogP contribution in [0.3, 0.4) is 0 Å². The predicted octanol–water partition coefficient (Wildman–Crippen LogP) is 3.17. The van der Waals surface area contributed by atoms with E-state index in [4.69, 9.17) is 4.42 Å². The molecule has 2 aromatic rings. The Morgan fingerprint density at radius 3 is 2.87 bits per heavy atom. The van der Waals surface area contributed by atoms with Crippen LogP contribution in [-0.4, -0.2) is 28.1 Å². The molecule has 23 heavy (non-hydrogen) atoms. The fourth-order valence-corrected chi connectivity index (χ4v) is 2.95. The molecular weight excluding hydrogens is 312 g/mol. The maximum absolute atomic E-state index is 12.0. The van der Waals surface area contributed by atoms with Crippen molar-refractivity contribution in [1.29, 1.82) is 0 Å². The van der Waals surface area contributed by atoms with Gasteiger partial charge in [0.1, 0.15) is 5.76 Å². The van der Waals surface area contributed by atoms with Gasteiger partial charge >= 0.3 is 0 Å². The van der Waals surface area contributed by atoms with Gasteiger partial charge in [-0.25, -0.2) is 4.98 Å². The van der Waals surface area contributed by atoms with Gasteiger partial charge in [-0.05, 0) is 31.9 Å². The van der Waals surface area contributed by atoms with E-state index in [2.05, 4.69) is 10.3 Å². The maximum Gasteiger partial charge on any atom is 0.226 e. The van der Waals surface area contributed by atoms with E-state index >= 15 is 0 Å². The highest BCUT2D eigenvalue weighted by Crippen LogP contribution is 2.25. The van der Waals surface area contributed by atoms with Crippen molar-refractivity contribution in [2.24, 2.45) is 5.92 Å². The zero-order chi connectivity index (χ0) is 17.0. The molecule has 0 aliphatic heterocycles. The minimum atomic E-state index is -0.899. The van der Waals surface area contributed by atoms with E-state index in [1.165, 1.54) is 11.3 Å². The third kappa shape index (κ3) is 4.65. The molecule has 0 bridgehead atoms. The average molecular weight is 336 g/mol. The number of carbonyl (C=O) groups excluding carboxylic acids is 1. The van der Waals surface area contributed by atoms with E-state index in [-0.39, 0.29) is 24.8 Å². The second kappa shape index (κ2) is 7.27. The molecule has 2 rings (SSSR count). The van der Waals surface area contributed by atoms with Gasteiger partial charge in [0.25, 0.3) is 0 Å². The topological polar surface area (TPSA) is 75.4 Å². The number of amides is 1. The summed E-state index contributed by atoms with van der Waals surface area (Å²) in [6, 6.07) is 3.77. The Morgan fingerprint density at radius 2 is 2.26 bits per heavy atom. The van der Waals surface area contributed by atoms with Crippen LogP contribution in [0.25, 0.3) is 10.8 Å². The molecule has 0 radical (unpaired) electrons. The molecule has 5 nitrogen and oxygen atoms in total. The monoisotopic (exact) mass is 336 g/mol. The van der Waals surface area contributed by atoms with E-state index in [1.54, 1.807) is 6.92 Å². The van der Waals surface area contributed by atoms with Crippen molar-refractivity contribution < 1.29 is 14.3 Å². The molecule has 0 aromatic carbocycles. The minimum absolute atomic E-state index is 0.121. The summed E-state index contributed by atoms with van der Waals surface area (Å²) in [4.78, 5) is 16.5. The minimum Gasteiger partial charge on any atom is -0.459 e. The summed E-state index contributed by atoms with van der Waals surface area (Å²) in [5, 5.41) is 15.7. The lowest BCUT2D eigenvalue weighted by atomic mass is 9.88. The molecule has 0 saturated heterocycles. The Balaban J connectivity index is 1.90. The number of hydrogen-bond acceptors (Lipinski definition) is 5. The molecule has 0 unspecified atom stereocenters. The van der Waals surface area contributed by atoms with E-state index in [0.717, 1.165) is 22.9 Å². The summed E-state index contributed by atoms with van der Waals surface area (Å²) < 4.78 is 5.53. The molecule has 0 aliphatic rings. The first kappa shape index (κ1) is 17.7. The van der Waals surface area contributed by atoms with Gasteiger partial charge in [-0.1, -0.05) is 20.3 Å². The number of thiazole rings is 1. The first-order valence-electron chi connectivity index (χ1n) is 7.82. The first-order valence-corrected chi connectivity index (χ1v) is 8.70. The largest absolute Gasteiger partial charge is 0.459 e. The van der Waals surface area contributed by atoms with Crippen LogP contribution in [0.4, 0.5) is 0 Å². The molecule has 0 fully saturated rings. The normalized spacial score (nSPS) is 15.2. The van der Waals surface area contributed by atoms with E-state index < -0.39 is 5.60 Å². The molecule has 0 aliphatic carbocycles. The van der Waals surface area contributed by atoms with Crippen molar-refractivity contribution in [2.75, 3.05) is 6.54 Å². The van der Waals surface area contributed by atoms with E-state index in [1.807, 2.05) is 38.3 Å². The lowest BCUT2D eigenvalue weighted by molar-refractivity contribution is -0.122. The van der Waals surface area contributed by atoms with Crippen molar-refractivity contribution in [3.63, 3.8) is 0 Å². The summed E-state index contributed by atoms with van der Waals surface area (Å²) in [7, 11) is 0. The fraction of sp³-hybridized carbons (Fsp3) is 0.529. The van der Waals surface area contributed by atoms with Crippen LogP contribution in [0.5, 0.6) is 0 Å². The molecular formula is C17H24N2O3S. The number of nitrogens with one attached hydrogen (secondary N) is 1. The fourth-order valence-electron chi connectivity index (χ4n) is 2.17. The molecule has 2 N–H and O–H groups in total. The van der Waals surface area contributed by atoms with E-state index in [9.17, 15) is 9.90 Å². The summed E-state index contributed by atoms with van der Waals surface area (Å²) in [5.41, 5.74) is -0.191. The van der Waals surface area contributed by atoms with Gasteiger partial charge in [-0.15, -0.1) is 11.3 Å². The van der Waals surface area contributed by atoms with Gasteiger partial charge in [0.05, 0.1) is 17.7 Å². The van der Waals surface area contributed by atoms with Crippen molar-refractivity contribution >= 4 is 17.2 Å². The van der Waals surface area contributed by atoms with Crippen molar-refractivity contribution in [2.45, 2.75) is 46.1 Å². The van der Waals surface area contributed by atoms with Crippen LogP contribution < -0.4 is 5.32 Å². The molecule has 2 heterocycles. The standard InChI is InChI=1S/C17H24N2O3S/c1-5-11(2)17(4,21)10-18-15(20)8-13-9-23-16(19-13)14-7-6-12(3)22-14/h6-7,9,11,21H,5,8,10H2,1-4H3,(H,18,20)/t11-,17-/m0/s1. The van der Waals surface area contributed by atoms with Gasteiger partial charge in [0, 0.05) is 11.9 Å². The SMILES string of the molecule is CC[C@H](C)[C@@](C)(O)CNC(=O)Cc1csc(-c2ccc(C)o2)n1. The summed E-state index contributed by atoms with van der Waals surface area (Å²) in [5.74, 6) is 1.54. The second-order valence-corrected chi connectivity index (χ2v) is 7.03. The molecule has 6 heteroatoms. The zero-order valence-corrected chi connectivity index (χ0v) is 14.9. The molecule has 1 amide bonds. The highest BCUT2D eigenvalue weighted by molar-refractivity contribution is 7.13. The van der Waals surface area contributed by atoms with Crippen LogP contribution in [0.15, 0.2) is 21.9 Å². The lowest BCUT2D eigenvalue weighted by Crippen LogP contribution is -2.45. The Hall–Kier alpha value is -1.66. The number of rotatable bonds is 7. The van der Waals surface area contributed by atoms with Gasteiger partial charge in [0.15, 0.2) is 10.8 Å². The zero-order valence-electron chi connectivity index (χ0n) is 14.0. The lowest BCUT2D eigenvalue weighted by Gasteiger charge is -2.29. The molecule has 126 valence electrons. The molecule has 2 aromatic heterocycles. The van der Waals surface area contributed by atoms with Crippen LogP contribution >= 0.6 is 11.3 Å². The number of aromatic nitrogens is 1. The van der Waals surface area contributed by atoms with E-state index in [0.29, 0.717) is 5.69 Å². The predicted molar refractivity (Wildman–Crippen MR) is 91.3 cm³/mol. The number of nitrogens with zero attached hydrogens (tertiary/aromatic N) is 1. The van der Waals surface area contributed by atoms with Crippen molar-refractivity contribution in [1.82, 2.24) is 10.3 Å². The Morgan fingerprint density at radius 1 is 1.52 bits per heavy atom. The Labute approximate surface area is 140 Å². The molecule has 0 spiro atoms. The summed E-state index contributed by atoms with van der Waals surface area (Å²) in [6.07, 6.45) is 1.06.